The van der Waals surface area contributed by atoms with Crippen LogP contribution in [0.3, 0.4) is 0 Å². The van der Waals surface area contributed by atoms with Crippen molar-refractivity contribution < 1.29 is 4.74 Å². The van der Waals surface area contributed by atoms with E-state index in [1.165, 1.54) is 11.3 Å². The Morgan fingerprint density at radius 2 is 2.13 bits per heavy atom. The zero-order chi connectivity index (χ0) is 15.8. The van der Waals surface area contributed by atoms with Crippen molar-refractivity contribution in [2.24, 2.45) is 10.9 Å². The summed E-state index contributed by atoms with van der Waals surface area (Å²) in [6, 6.07) is 8.60. The van der Waals surface area contributed by atoms with Crippen molar-refractivity contribution in [1.82, 2.24) is 5.32 Å². The second kappa shape index (κ2) is 10.9. The molecule has 0 amide bonds. The summed E-state index contributed by atoms with van der Waals surface area (Å²) in [7, 11) is 0. The van der Waals surface area contributed by atoms with Crippen LogP contribution in [0.5, 0.6) is 0 Å². The Kier molecular flexibility index (Phi) is 9.55. The second-order valence-corrected chi connectivity index (χ2v) is 6.09. The lowest BCUT2D eigenvalue weighted by atomic mass is 10.2. The van der Waals surface area contributed by atoms with Gasteiger partial charge in [-0.05, 0) is 37.3 Å². The van der Waals surface area contributed by atoms with Crippen molar-refractivity contribution in [2.45, 2.75) is 33.6 Å². The molecule has 130 valence electrons. The van der Waals surface area contributed by atoms with Crippen molar-refractivity contribution >= 4 is 35.6 Å². The van der Waals surface area contributed by atoms with Crippen molar-refractivity contribution in [3.63, 3.8) is 0 Å². The smallest absolute Gasteiger partial charge is 0.198 e. The number of aliphatic imine (C=N–C) groups is 1. The van der Waals surface area contributed by atoms with Crippen molar-refractivity contribution in [1.29, 1.82) is 0 Å². The van der Waals surface area contributed by atoms with Gasteiger partial charge in [0.1, 0.15) is 0 Å². The number of nitrogens with one attached hydrogen (secondary N) is 1. The molecule has 1 aromatic carbocycles. The number of fused-ring (bicyclic) bond motifs is 1. The first-order valence-corrected chi connectivity index (χ1v) is 8.44. The van der Waals surface area contributed by atoms with E-state index in [0.29, 0.717) is 5.92 Å². The van der Waals surface area contributed by atoms with Crippen molar-refractivity contribution in [3.05, 3.63) is 29.8 Å². The van der Waals surface area contributed by atoms with Crippen LogP contribution in [0.4, 0.5) is 5.69 Å². The largest absolute Gasteiger partial charge is 0.381 e. The molecular formula is C18H30IN3O. The molecule has 2 rings (SSSR count). The van der Waals surface area contributed by atoms with Gasteiger partial charge >= 0.3 is 0 Å². The Morgan fingerprint density at radius 1 is 1.35 bits per heavy atom. The van der Waals surface area contributed by atoms with Gasteiger partial charge in [-0.1, -0.05) is 32.0 Å². The number of guanidine groups is 1. The van der Waals surface area contributed by atoms with E-state index >= 15 is 0 Å². The van der Waals surface area contributed by atoms with E-state index < -0.39 is 0 Å². The first kappa shape index (κ1) is 20.2. The lowest BCUT2D eigenvalue weighted by molar-refractivity contribution is 0.109. The molecule has 0 radical (unpaired) electrons. The van der Waals surface area contributed by atoms with Gasteiger partial charge in [-0.3, -0.25) is 4.99 Å². The predicted octanol–water partition coefficient (Wildman–Crippen LogP) is 3.70. The molecule has 0 aliphatic carbocycles. The molecule has 23 heavy (non-hydrogen) atoms. The topological polar surface area (TPSA) is 36.9 Å². The molecule has 0 saturated carbocycles. The third-order valence-electron chi connectivity index (χ3n) is 3.64. The first-order valence-electron chi connectivity index (χ1n) is 8.44. The van der Waals surface area contributed by atoms with Gasteiger partial charge in [-0.15, -0.1) is 24.0 Å². The number of anilines is 1. The fraction of sp³-hybridized carbons (Fsp3) is 0.611. The van der Waals surface area contributed by atoms with E-state index in [1.54, 1.807) is 0 Å². The van der Waals surface area contributed by atoms with E-state index in [2.05, 4.69) is 55.3 Å². The first-order chi connectivity index (χ1) is 10.7. The molecule has 1 N–H and O–H groups in total. The summed E-state index contributed by atoms with van der Waals surface area (Å²) < 4.78 is 5.62. The van der Waals surface area contributed by atoms with E-state index in [0.717, 1.165) is 51.6 Å². The minimum absolute atomic E-state index is 0. The van der Waals surface area contributed by atoms with Crippen LogP contribution in [0.25, 0.3) is 0 Å². The van der Waals surface area contributed by atoms with Crippen LogP contribution >= 0.6 is 24.0 Å². The molecule has 1 aliphatic rings. The van der Waals surface area contributed by atoms with Crippen molar-refractivity contribution in [2.75, 3.05) is 37.7 Å². The maximum absolute atomic E-state index is 5.62. The van der Waals surface area contributed by atoms with E-state index in [1.807, 2.05) is 0 Å². The van der Waals surface area contributed by atoms with Gasteiger partial charge in [-0.2, -0.15) is 0 Å². The molecule has 1 heterocycles. The normalized spacial score (nSPS) is 13.9. The van der Waals surface area contributed by atoms with Gasteiger partial charge in [0.05, 0.1) is 0 Å². The quantitative estimate of drug-likeness (QED) is 0.310. The molecule has 0 aromatic heterocycles. The Bertz CT molecular complexity index is 491. The number of hydrogen-bond acceptors (Lipinski definition) is 2. The maximum Gasteiger partial charge on any atom is 0.198 e. The molecule has 0 bridgehead atoms. The van der Waals surface area contributed by atoms with Crippen LogP contribution in [0.1, 0.15) is 32.8 Å². The summed E-state index contributed by atoms with van der Waals surface area (Å²) in [4.78, 5) is 7.06. The fourth-order valence-corrected chi connectivity index (χ4v) is 2.62. The summed E-state index contributed by atoms with van der Waals surface area (Å²) in [5.74, 6) is 1.60. The SMILES string of the molecule is CCNC(=NCCCOCC(C)C)N1CCc2ccccc21.I. The van der Waals surface area contributed by atoms with Crippen LogP contribution in [-0.4, -0.2) is 38.8 Å². The molecule has 1 aromatic rings. The minimum atomic E-state index is 0. The molecule has 0 fully saturated rings. The lowest BCUT2D eigenvalue weighted by Gasteiger charge is -2.22. The van der Waals surface area contributed by atoms with E-state index in [-0.39, 0.29) is 24.0 Å². The van der Waals surface area contributed by atoms with Gasteiger partial charge in [0.2, 0.25) is 0 Å². The average Bonchev–Trinajstić information content (AvgIpc) is 2.93. The Morgan fingerprint density at radius 3 is 2.87 bits per heavy atom. The Labute approximate surface area is 157 Å². The summed E-state index contributed by atoms with van der Waals surface area (Å²) in [5, 5.41) is 3.41. The molecule has 1 aliphatic heterocycles. The number of para-hydroxylation sites is 1. The molecule has 5 heteroatoms. The Hall–Kier alpha value is -0.820. The maximum atomic E-state index is 5.62. The summed E-state index contributed by atoms with van der Waals surface area (Å²) in [6.45, 7) is 10.8. The third-order valence-corrected chi connectivity index (χ3v) is 3.64. The number of hydrogen-bond donors (Lipinski definition) is 1. The average molecular weight is 431 g/mol. The Balaban J connectivity index is 0.00000264. The number of benzene rings is 1. The summed E-state index contributed by atoms with van der Waals surface area (Å²) >= 11 is 0. The molecule has 4 nitrogen and oxygen atoms in total. The molecule has 0 atom stereocenters. The molecule has 0 saturated heterocycles. The fourth-order valence-electron chi connectivity index (χ4n) is 2.62. The van der Waals surface area contributed by atoms with Gasteiger partial charge in [0.15, 0.2) is 5.96 Å². The van der Waals surface area contributed by atoms with Crippen LogP contribution in [0.2, 0.25) is 0 Å². The predicted molar refractivity (Wildman–Crippen MR) is 109 cm³/mol. The van der Waals surface area contributed by atoms with Crippen LogP contribution in [0.15, 0.2) is 29.3 Å². The number of nitrogens with zero attached hydrogens (tertiary/aromatic N) is 2. The highest BCUT2D eigenvalue weighted by molar-refractivity contribution is 14.0. The van der Waals surface area contributed by atoms with Crippen LogP contribution in [-0.2, 0) is 11.2 Å². The highest BCUT2D eigenvalue weighted by atomic mass is 127. The standard InChI is InChI=1S/C18H29N3O.HI/c1-4-19-18(20-11-7-13-22-14-15(2)3)21-12-10-16-8-5-6-9-17(16)21;/h5-6,8-9,15H,4,7,10-14H2,1-3H3,(H,19,20);1H. The van der Waals surface area contributed by atoms with Gasteiger partial charge in [-0.25, -0.2) is 0 Å². The van der Waals surface area contributed by atoms with Crippen LogP contribution in [0, 0.1) is 5.92 Å². The minimum Gasteiger partial charge on any atom is -0.381 e. The lowest BCUT2D eigenvalue weighted by Crippen LogP contribution is -2.40. The second-order valence-electron chi connectivity index (χ2n) is 6.09. The number of rotatable bonds is 7. The van der Waals surface area contributed by atoms with Gasteiger partial charge < -0.3 is 15.0 Å². The summed E-state index contributed by atoms with van der Waals surface area (Å²) in [6.07, 6.45) is 2.06. The highest BCUT2D eigenvalue weighted by Gasteiger charge is 2.22. The molecular weight excluding hydrogens is 401 g/mol. The number of ether oxygens (including phenoxy) is 1. The van der Waals surface area contributed by atoms with Crippen molar-refractivity contribution in [3.8, 4) is 0 Å². The molecule has 0 spiro atoms. The highest BCUT2D eigenvalue weighted by Crippen LogP contribution is 2.27. The summed E-state index contributed by atoms with van der Waals surface area (Å²) in [5.41, 5.74) is 2.70. The monoisotopic (exact) mass is 431 g/mol. The zero-order valence-corrected chi connectivity index (χ0v) is 16.9. The molecule has 0 unspecified atom stereocenters. The van der Waals surface area contributed by atoms with E-state index in [9.17, 15) is 0 Å². The van der Waals surface area contributed by atoms with Gasteiger partial charge in [0, 0.05) is 38.5 Å². The third kappa shape index (κ3) is 6.30. The zero-order valence-electron chi connectivity index (χ0n) is 14.5. The van der Waals surface area contributed by atoms with Gasteiger partial charge in [0.25, 0.3) is 0 Å². The van der Waals surface area contributed by atoms with Crippen LogP contribution < -0.4 is 10.2 Å². The number of halogens is 1. The van der Waals surface area contributed by atoms with E-state index in [4.69, 9.17) is 9.73 Å².